The average Bonchev–Trinajstić information content (AvgIpc) is 2.71. The van der Waals surface area contributed by atoms with Crippen LogP contribution in [-0.4, -0.2) is 9.55 Å². The molecule has 0 radical (unpaired) electrons. The van der Waals surface area contributed by atoms with Crippen molar-refractivity contribution in [2.75, 3.05) is 5.73 Å². The van der Waals surface area contributed by atoms with Crippen LogP contribution < -0.4 is 5.73 Å². The number of nitrogen functional groups attached to an aromatic ring is 1. The van der Waals surface area contributed by atoms with Crippen molar-refractivity contribution in [1.82, 2.24) is 9.55 Å². The lowest BCUT2D eigenvalue weighted by atomic mass is 10.1. The third-order valence-electron chi connectivity index (χ3n) is 3.35. The lowest BCUT2D eigenvalue weighted by Crippen LogP contribution is -1.98. The van der Waals surface area contributed by atoms with Crippen molar-refractivity contribution in [3.05, 3.63) is 48.0 Å². The van der Waals surface area contributed by atoms with E-state index in [9.17, 15) is 0 Å². The van der Waals surface area contributed by atoms with Crippen molar-refractivity contribution in [2.24, 2.45) is 7.05 Å². The van der Waals surface area contributed by atoms with Gasteiger partial charge in [0.15, 0.2) is 0 Å². The van der Waals surface area contributed by atoms with Gasteiger partial charge in [-0.3, -0.25) is 0 Å². The number of nitrogens with two attached hydrogens (primary N) is 1. The highest BCUT2D eigenvalue weighted by molar-refractivity contribution is 5.84. The van der Waals surface area contributed by atoms with Crippen LogP contribution in [0.4, 0.5) is 5.69 Å². The molecule has 1 heterocycles. The topological polar surface area (TPSA) is 43.8 Å². The zero-order valence-electron chi connectivity index (χ0n) is 10.5. The molecule has 0 unspecified atom stereocenters. The van der Waals surface area contributed by atoms with Crippen molar-refractivity contribution in [3.63, 3.8) is 0 Å². The number of rotatable bonds is 1. The molecule has 2 N–H and O–H groups in total. The van der Waals surface area contributed by atoms with E-state index < -0.39 is 0 Å². The van der Waals surface area contributed by atoms with E-state index in [4.69, 9.17) is 5.73 Å². The van der Waals surface area contributed by atoms with Crippen molar-refractivity contribution < 1.29 is 0 Å². The Balaban J connectivity index is 2.32. The van der Waals surface area contributed by atoms with Gasteiger partial charge in [0.1, 0.15) is 5.82 Å². The fourth-order valence-electron chi connectivity index (χ4n) is 2.26. The Bertz CT molecular complexity index is 726. The predicted molar refractivity (Wildman–Crippen MR) is 75.3 cm³/mol. The second-order valence-corrected chi connectivity index (χ2v) is 4.52. The molecule has 1 aromatic heterocycles. The summed E-state index contributed by atoms with van der Waals surface area (Å²) in [4.78, 5) is 4.67. The van der Waals surface area contributed by atoms with Crippen molar-refractivity contribution >= 4 is 16.7 Å². The summed E-state index contributed by atoms with van der Waals surface area (Å²) in [6, 6.07) is 14.2. The summed E-state index contributed by atoms with van der Waals surface area (Å²) in [5.74, 6) is 0.914. The first kappa shape index (κ1) is 10.8. The fourth-order valence-corrected chi connectivity index (χ4v) is 2.26. The zero-order chi connectivity index (χ0) is 12.7. The highest BCUT2D eigenvalue weighted by atomic mass is 15.1. The first-order chi connectivity index (χ1) is 8.68. The molecule has 0 bridgehead atoms. The Morgan fingerprint density at radius 3 is 2.61 bits per heavy atom. The van der Waals surface area contributed by atoms with Crippen molar-refractivity contribution in [3.8, 4) is 11.4 Å². The Kier molecular flexibility index (Phi) is 2.33. The Morgan fingerprint density at radius 1 is 1.06 bits per heavy atom. The van der Waals surface area contributed by atoms with Gasteiger partial charge < -0.3 is 10.3 Å². The van der Waals surface area contributed by atoms with E-state index in [1.165, 1.54) is 0 Å². The molecule has 0 spiro atoms. The normalized spacial score (nSPS) is 11.0. The predicted octanol–water partition coefficient (Wildman–Crippen LogP) is 3.13. The molecular weight excluding hydrogens is 222 g/mol. The summed E-state index contributed by atoms with van der Waals surface area (Å²) in [5, 5.41) is 0. The number of hydrogen-bond donors (Lipinski definition) is 1. The maximum atomic E-state index is 6.15. The molecule has 2 aromatic carbocycles. The largest absolute Gasteiger partial charge is 0.398 e. The van der Waals surface area contributed by atoms with Crippen LogP contribution in [0.2, 0.25) is 0 Å². The average molecular weight is 237 g/mol. The summed E-state index contributed by atoms with van der Waals surface area (Å²) in [5.41, 5.74) is 11.1. The van der Waals surface area contributed by atoms with Gasteiger partial charge in [0.05, 0.1) is 11.0 Å². The number of hydrogen-bond acceptors (Lipinski definition) is 2. The summed E-state index contributed by atoms with van der Waals surface area (Å²) in [6.07, 6.45) is 0. The SMILES string of the molecule is Cc1cccc(-c2nc3ccccc3n2C)c1N. The molecule has 0 aliphatic heterocycles. The maximum absolute atomic E-state index is 6.15. The quantitative estimate of drug-likeness (QED) is 0.661. The summed E-state index contributed by atoms with van der Waals surface area (Å²) in [7, 11) is 2.02. The van der Waals surface area contributed by atoms with Gasteiger partial charge in [-0.25, -0.2) is 4.98 Å². The van der Waals surface area contributed by atoms with E-state index in [0.717, 1.165) is 33.7 Å². The molecule has 0 amide bonds. The molecule has 0 fully saturated rings. The standard InChI is InChI=1S/C15H15N3/c1-10-6-5-7-11(14(10)16)15-17-12-8-3-4-9-13(12)18(15)2/h3-9H,16H2,1-2H3. The first-order valence-electron chi connectivity index (χ1n) is 5.95. The van der Waals surface area contributed by atoms with E-state index in [1.807, 2.05) is 50.4 Å². The number of nitrogens with zero attached hydrogens (tertiary/aromatic N) is 2. The van der Waals surface area contributed by atoms with E-state index in [2.05, 4.69) is 15.6 Å². The molecule has 3 heteroatoms. The molecule has 0 aliphatic rings. The van der Waals surface area contributed by atoms with Gasteiger partial charge in [-0.2, -0.15) is 0 Å². The molecule has 3 rings (SSSR count). The third-order valence-corrected chi connectivity index (χ3v) is 3.35. The molecule has 0 saturated heterocycles. The van der Waals surface area contributed by atoms with Gasteiger partial charge in [-0.15, -0.1) is 0 Å². The number of imidazole rings is 1. The van der Waals surface area contributed by atoms with Gasteiger partial charge in [0, 0.05) is 18.3 Å². The first-order valence-corrected chi connectivity index (χ1v) is 5.95. The minimum atomic E-state index is 0.802. The minimum absolute atomic E-state index is 0.802. The molecule has 3 nitrogen and oxygen atoms in total. The number of para-hydroxylation sites is 3. The second kappa shape index (κ2) is 3.88. The van der Waals surface area contributed by atoms with E-state index in [0.29, 0.717) is 0 Å². The molecule has 18 heavy (non-hydrogen) atoms. The van der Waals surface area contributed by atoms with Crippen LogP contribution in [0.1, 0.15) is 5.56 Å². The number of aromatic nitrogens is 2. The van der Waals surface area contributed by atoms with Crippen LogP contribution in [0.25, 0.3) is 22.4 Å². The van der Waals surface area contributed by atoms with Crippen LogP contribution >= 0.6 is 0 Å². The molecule has 0 aliphatic carbocycles. The Hall–Kier alpha value is -2.29. The monoisotopic (exact) mass is 237 g/mol. The number of fused-ring (bicyclic) bond motifs is 1. The Labute approximate surface area is 106 Å². The van der Waals surface area contributed by atoms with Crippen LogP contribution in [0.5, 0.6) is 0 Å². The van der Waals surface area contributed by atoms with E-state index in [1.54, 1.807) is 0 Å². The number of benzene rings is 2. The maximum Gasteiger partial charge on any atom is 0.142 e. The number of aryl methyl sites for hydroxylation is 2. The molecule has 0 saturated carbocycles. The van der Waals surface area contributed by atoms with Crippen LogP contribution in [0.3, 0.4) is 0 Å². The highest BCUT2D eigenvalue weighted by Gasteiger charge is 2.12. The number of anilines is 1. The van der Waals surface area contributed by atoms with Gasteiger partial charge >= 0.3 is 0 Å². The van der Waals surface area contributed by atoms with Crippen molar-refractivity contribution in [2.45, 2.75) is 6.92 Å². The molecule has 0 atom stereocenters. The van der Waals surface area contributed by atoms with Gasteiger partial charge in [0.25, 0.3) is 0 Å². The fraction of sp³-hybridized carbons (Fsp3) is 0.133. The van der Waals surface area contributed by atoms with Gasteiger partial charge in [-0.05, 0) is 30.7 Å². The van der Waals surface area contributed by atoms with E-state index >= 15 is 0 Å². The Morgan fingerprint density at radius 2 is 1.83 bits per heavy atom. The van der Waals surface area contributed by atoms with Crippen LogP contribution in [0, 0.1) is 6.92 Å². The zero-order valence-corrected chi connectivity index (χ0v) is 10.5. The minimum Gasteiger partial charge on any atom is -0.398 e. The molecule has 3 aromatic rings. The van der Waals surface area contributed by atoms with Gasteiger partial charge in [-0.1, -0.05) is 24.3 Å². The summed E-state index contributed by atoms with van der Waals surface area (Å²) in [6.45, 7) is 2.02. The van der Waals surface area contributed by atoms with Crippen molar-refractivity contribution in [1.29, 1.82) is 0 Å². The summed E-state index contributed by atoms with van der Waals surface area (Å²) >= 11 is 0. The lowest BCUT2D eigenvalue weighted by molar-refractivity contribution is 0.959. The van der Waals surface area contributed by atoms with E-state index in [-0.39, 0.29) is 0 Å². The second-order valence-electron chi connectivity index (χ2n) is 4.52. The third kappa shape index (κ3) is 1.48. The summed E-state index contributed by atoms with van der Waals surface area (Å²) < 4.78 is 2.08. The van der Waals surface area contributed by atoms with Gasteiger partial charge in [0.2, 0.25) is 0 Å². The smallest absolute Gasteiger partial charge is 0.142 e. The highest BCUT2D eigenvalue weighted by Crippen LogP contribution is 2.29. The van der Waals surface area contributed by atoms with Crippen LogP contribution in [-0.2, 0) is 7.05 Å². The molecule has 90 valence electrons. The molecular formula is C15H15N3. The lowest BCUT2D eigenvalue weighted by Gasteiger charge is -2.08. The van der Waals surface area contributed by atoms with Crippen LogP contribution in [0.15, 0.2) is 42.5 Å².